The molecule has 5 nitrogen and oxygen atoms in total. The van der Waals surface area contributed by atoms with Crippen molar-refractivity contribution < 1.29 is 23.0 Å². The van der Waals surface area contributed by atoms with E-state index < -0.39 is 6.61 Å². The van der Waals surface area contributed by atoms with Crippen LogP contribution < -0.4 is 15.4 Å². The number of hydrogen-bond donors (Lipinski definition) is 2. The minimum absolute atomic E-state index is 0. The lowest BCUT2D eigenvalue weighted by atomic mass is 10.1. The van der Waals surface area contributed by atoms with Crippen LogP contribution in [0, 0.1) is 6.92 Å². The number of aryl methyl sites for hydroxylation is 1. The van der Waals surface area contributed by atoms with Crippen LogP contribution in [0.5, 0.6) is 5.75 Å². The predicted molar refractivity (Wildman–Crippen MR) is 80.9 cm³/mol. The van der Waals surface area contributed by atoms with E-state index in [1.807, 2.05) is 0 Å². The average Bonchev–Trinajstić information content (AvgIpc) is 2.43. The number of carbonyl (C=O) groups excluding carboxylic acids is 1. The zero-order valence-corrected chi connectivity index (χ0v) is 12.9. The fraction of sp³-hybridized carbons (Fsp3) is 0.500. The first kappa shape index (κ1) is 18.6. The van der Waals surface area contributed by atoms with Gasteiger partial charge in [0.25, 0.3) is 0 Å². The molecule has 1 saturated heterocycles. The van der Waals surface area contributed by atoms with E-state index in [2.05, 4.69) is 15.4 Å². The number of benzene rings is 1. The summed E-state index contributed by atoms with van der Waals surface area (Å²) in [6.45, 7) is 0.616. The molecule has 8 heteroatoms. The van der Waals surface area contributed by atoms with Gasteiger partial charge in [-0.05, 0) is 18.6 Å². The Morgan fingerprint density at radius 1 is 1.55 bits per heavy atom. The van der Waals surface area contributed by atoms with Crippen LogP contribution in [-0.2, 0) is 9.53 Å². The zero-order valence-electron chi connectivity index (χ0n) is 12.1. The summed E-state index contributed by atoms with van der Waals surface area (Å²) in [5.74, 6) is -0.147. The number of hydrogen-bond acceptors (Lipinski definition) is 4. The minimum atomic E-state index is -2.89. The van der Waals surface area contributed by atoms with Gasteiger partial charge in [-0.3, -0.25) is 4.79 Å². The maximum atomic E-state index is 12.3. The Labute approximate surface area is 133 Å². The highest BCUT2D eigenvalue weighted by Gasteiger charge is 2.17. The highest BCUT2D eigenvalue weighted by molar-refractivity contribution is 5.91. The molecule has 1 fully saturated rings. The van der Waals surface area contributed by atoms with Crippen LogP contribution in [0.1, 0.15) is 12.0 Å². The molecule has 1 atom stereocenters. The van der Waals surface area contributed by atoms with Crippen LogP contribution >= 0.6 is 12.4 Å². The number of nitrogens with one attached hydrogen (secondary N) is 2. The molecule has 1 aliphatic rings. The number of amides is 1. The molecule has 1 aliphatic heterocycles. The summed E-state index contributed by atoms with van der Waals surface area (Å²) in [5.41, 5.74) is 1.01. The number of ether oxygens (including phenoxy) is 2. The van der Waals surface area contributed by atoms with Gasteiger partial charge in [0.1, 0.15) is 5.75 Å². The number of carbonyl (C=O) groups is 1. The van der Waals surface area contributed by atoms with Crippen molar-refractivity contribution in [2.45, 2.75) is 26.0 Å². The van der Waals surface area contributed by atoms with Crippen molar-refractivity contribution in [1.82, 2.24) is 5.32 Å². The lowest BCUT2D eigenvalue weighted by Gasteiger charge is -2.23. The molecule has 0 bridgehead atoms. The Morgan fingerprint density at radius 2 is 2.32 bits per heavy atom. The number of anilines is 1. The largest absolute Gasteiger partial charge is 0.434 e. The second-order valence-corrected chi connectivity index (χ2v) is 4.84. The summed E-state index contributed by atoms with van der Waals surface area (Å²) in [5, 5.41) is 5.84. The van der Waals surface area contributed by atoms with Crippen molar-refractivity contribution in [2.75, 3.05) is 25.1 Å². The molecule has 2 rings (SSSR count). The van der Waals surface area contributed by atoms with Crippen molar-refractivity contribution in [3.8, 4) is 5.75 Å². The summed E-state index contributed by atoms with van der Waals surface area (Å²) in [7, 11) is 0. The van der Waals surface area contributed by atoms with Crippen LogP contribution in [0.4, 0.5) is 14.5 Å². The lowest BCUT2D eigenvalue weighted by molar-refractivity contribution is -0.117. The summed E-state index contributed by atoms with van der Waals surface area (Å²) < 4.78 is 34.2. The van der Waals surface area contributed by atoms with Gasteiger partial charge in [0, 0.05) is 30.8 Å². The molecule has 1 aromatic carbocycles. The first-order valence-corrected chi connectivity index (χ1v) is 6.71. The van der Waals surface area contributed by atoms with E-state index in [1.54, 1.807) is 19.1 Å². The Kier molecular flexibility index (Phi) is 7.50. The first-order valence-electron chi connectivity index (χ1n) is 6.71. The van der Waals surface area contributed by atoms with Crippen molar-refractivity contribution in [1.29, 1.82) is 0 Å². The van der Waals surface area contributed by atoms with E-state index in [1.165, 1.54) is 6.07 Å². The molecule has 0 aliphatic carbocycles. The molecule has 0 spiro atoms. The Hall–Kier alpha value is -1.44. The lowest BCUT2D eigenvalue weighted by Crippen LogP contribution is -2.43. The van der Waals surface area contributed by atoms with Gasteiger partial charge in [0.2, 0.25) is 5.91 Å². The van der Waals surface area contributed by atoms with Gasteiger partial charge in [-0.1, -0.05) is 6.07 Å². The van der Waals surface area contributed by atoms with Gasteiger partial charge in [-0.25, -0.2) is 0 Å². The smallest absolute Gasteiger partial charge is 0.387 e. The summed E-state index contributed by atoms with van der Waals surface area (Å²) >= 11 is 0. The SMILES string of the molecule is Cc1ccc(NC(=O)CC2COCCN2)cc1OC(F)F.Cl. The molecular formula is C14H19ClF2N2O3. The van der Waals surface area contributed by atoms with E-state index in [-0.39, 0.29) is 36.5 Å². The zero-order chi connectivity index (χ0) is 15.2. The van der Waals surface area contributed by atoms with E-state index >= 15 is 0 Å². The second kappa shape index (κ2) is 8.87. The fourth-order valence-electron chi connectivity index (χ4n) is 2.09. The van der Waals surface area contributed by atoms with Crippen molar-refractivity contribution in [3.63, 3.8) is 0 Å². The van der Waals surface area contributed by atoms with Crippen molar-refractivity contribution in [2.24, 2.45) is 0 Å². The van der Waals surface area contributed by atoms with Crippen LogP contribution in [0.25, 0.3) is 0 Å². The Balaban J connectivity index is 0.00000242. The monoisotopic (exact) mass is 336 g/mol. The fourth-order valence-corrected chi connectivity index (χ4v) is 2.09. The number of rotatable bonds is 5. The van der Waals surface area contributed by atoms with Gasteiger partial charge < -0.3 is 20.1 Å². The van der Waals surface area contributed by atoms with Crippen LogP contribution in [-0.4, -0.2) is 38.3 Å². The van der Waals surface area contributed by atoms with Gasteiger partial charge in [-0.2, -0.15) is 8.78 Å². The minimum Gasteiger partial charge on any atom is -0.434 e. The third kappa shape index (κ3) is 5.75. The third-order valence-corrected chi connectivity index (χ3v) is 3.12. The topological polar surface area (TPSA) is 59.6 Å². The number of alkyl halides is 2. The number of morpholine rings is 1. The molecule has 0 aromatic heterocycles. The quantitative estimate of drug-likeness (QED) is 0.866. The Morgan fingerprint density at radius 3 is 2.95 bits per heavy atom. The third-order valence-electron chi connectivity index (χ3n) is 3.12. The van der Waals surface area contributed by atoms with Crippen LogP contribution in [0.15, 0.2) is 18.2 Å². The molecular weight excluding hydrogens is 318 g/mol. The van der Waals surface area contributed by atoms with Gasteiger partial charge in [0.05, 0.1) is 13.2 Å². The van der Waals surface area contributed by atoms with E-state index in [4.69, 9.17) is 4.74 Å². The van der Waals surface area contributed by atoms with E-state index in [9.17, 15) is 13.6 Å². The molecule has 0 saturated carbocycles. The Bertz CT molecular complexity index is 497. The molecule has 1 unspecified atom stereocenters. The summed E-state index contributed by atoms with van der Waals surface area (Å²) in [6.07, 6.45) is 0.263. The average molecular weight is 337 g/mol. The van der Waals surface area contributed by atoms with E-state index in [0.717, 1.165) is 6.54 Å². The predicted octanol–water partition coefficient (Wildman–Crippen LogP) is 2.34. The maximum Gasteiger partial charge on any atom is 0.387 e. The number of halogens is 3. The van der Waals surface area contributed by atoms with Crippen LogP contribution in [0.2, 0.25) is 0 Å². The normalized spacial score (nSPS) is 17.7. The van der Waals surface area contributed by atoms with Crippen LogP contribution in [0.3, 0.4) is 0 Å². The van der Waals surface area contributed by atoms with Gasteiger partial charge >= 0.3 is 6.61 Å². The van der Waals surface area contributed by atoms with Gasteiger partial charge in [0.15, 0.2) is 0 Å². The maximum absolute atomic E-state index is 12.3. The molecule has 1 aromatic rings. The highest BCUT2D eigenvalue weighted by atomic mass is 35.5. The van der Waals surface area contributed by atoms with E-state index in [0.29, 0.717) is 24.5 Å². The molecule has 124 valence electrons. The highest BCUT2D eigenvalue weighted by Crippen LogP contribution is 2.24. The van der Waals surface area contributed by atoms with Crippen molar-refractivity contribution in [3.05, 3.63) is 23.8 Å². The standard InChI is InChI=1S/C14H18F2N2O3.ClH/c1-9-2-3-10(6-12(9)21-14(15)16)18-13(19)7-11-8-20-5-4-17-11;/h2-3,6,11,14,17H,4-5,7-8H2,1H3,(H,18,19);1H. The molecule has 22 heavy (non-hydrogen) atoms. The second-order valence-electron chi connectivity index (χ2n) is 4.84. The van der Waals surface area contributed by atoms with Gasteiger partial charge in [-0.15, -0.1) is 12.4 Å². The summed E-state index contributed by atoms with van der Waals surface area (Å²) in [6, 6.07) is 4.64. The van der Waals surface area contributed by atoms with Crippen molar-refractivity contribution >= 4 is 24.0 Å². The molecule has 2 N–H and O–H groups in total. The molecule has 1 amide bonds. The summed E-state index contributed by atoms with van der Waals surface area (Å²) in [4.78, 5) is 11.9. The molecule has 1 heterocycles. The molecule has 0 radical (unpaired) electrons. The first-order chi connectivity index (χ1) is 10.0.